The third-order valence-electron chi connectivity index (χ3n) is 4.25. The van der Waals surface area contributed by atoms with E-state index < -0.39 is 4.92 Å². The molecule has 1 aromatic heterocycles. The van der Waals surface area contributed by atoms with Crippen LogP contribution in [0.1, 0.15) is 5.69 Å². The smallest absolute Gasteiger partial charge is 0.269 e. The summed E-state index contributed by atoms with van der Waals surface area (Å²) in [7, 11) is 0. The number of non-ortho nitro benzene ring substituents is 1. The maximum absolute atomic E-state index is 12.4. The van der Waals surface area contributed by atoms with Crippen LogP contribution in [-0.2, 0) is 11.3 Å². The van der Waals surface area contributed by atoms with Crippen molar-refractivity contribution in [3.8, 4) is 0 Å². The Morgan fingerprint density at radius 2 is 1.85 bits per heavy atom. The molecule has 3 rings (SSSR count). The van der Waals surface area contributed by atoms with Gasteiger partial charge < -0.3 is 4.90 Å². The van der Waals surface area contributed by atoms with Gasteiger partial charge in [0.2, 0.25) is 5.91 Å². The second kappa shape index (κ2) is 8.77. The molecule has 2 heterocycles. The number of pyridine rings is 1. The molecule has 1 saturated heterocycles. The molecular formula is C18H20N4O3S. The number of amides is 1. The fraction of sp³-hybridized carbons (Fsp3) is 0.333. The predicted octanol–water partition coefficient (Wildman–Crippen LogP) is 2.43. The van der Waals surface area contributed by atoms with Crippen molar-refractivity contribution in [2.45, 2.75) is 11.4 Å². The molecule has 2 aromatic rings. The quantitative estimate of drug-likeness (QED) is 0.440. The molecule has 0 aliphatic carbocycles. The van der Waals surface area contributed by atoms with Crippen molar-refractivity contribution in [1.29, 1.82) is 0 Å². The normalized spacial score (nSPS) is 15.0. The van der Waals surface area contributed by atoms with E-state index in [0.29, 0.717) is 18.8 Å². The molecule has 0 spiro atoms. The van der Waals surface area contributed by atoms with Crippen molar-refractivity contribution < 1.29 is 9.72 Å². The van der Waals surface area contributed by atoms with E-state index in [2.05, 4.69) is 9.88 Å². The molecule has 7 nitrogen and oxygen atoms in total. The maximum Gasteiger partial charge on any atom is 0.269 e. The Balaban J connectivity index is 1.42. The minimum Gasteiger partial charge on any atom is -0.339 e. The predicted molar refractivity (Wildman–Crippen MR) is 99.9 cm³/mol. The highest BCUT2D eigenvalue weighted by molar-refractivity contribution is 8.00. The number of rotatable bonds is 6. The molecule has 26 heavy (non-hydrogen) atoms. The number of carbonyl (C=O) groups excluding carboxylic acids is 1. The van der Waals surface area contributed by atoms with E-state index >= 15 is 0 Å². The number of nitrogens with zero attached hydrogens (tertiary/aromatic N) is 4. The molecule has 1 aromatic carbocycles. The van der Waals surface area contributed by atoms with Crippen molar-refractivity contribution in [3.05, 3.63) is 64.5 Å². The third-order valence-corrected chi connectivity index (χ3v) is 5.24. The van der Waals surface area contributed by atoms with Crippen LogP contribution in [0.5, 0.6) is 0 Å². The van der Waals surface area contributed by atoms with Crippen LogP contribution in [0.25, 0.3) is 0 Å². The van der Waals surface area contributed by atoms with Crippen molar-refractivity contribution in [2.24, 2.45) is 0 Å². The number of nitro groups is 1. The molecule has 1 amide bonds. The molecule has 0 N–H and O–H groups in total. The van der Waals surface area contributed by atoms with Crippen LogP contribution in [0, 0.1) is 10.1 Å². The zero-order valence-corrected chi connectivity index (χ0v) is 15.1. The van der Waals surface area contributed by atoms with Gasteiger partial charge in [0.15, 0.2) is 0 Å². The molecule has 1 aliphatic rings. The lowest BCUT2D eigenvalue weighted by Gasteiger charge is -2.34. The molecule has 0 radical (unpaired) electrons. The van der Waals surface area contributed by atoms with Crippen molar-refractivity contribution in [2.75, 3.05) is 31.9 Å². The van der Waals surface area contributed by atoms with Gasteiger partial charge >= 0.3 is 0 Å². The van der Waals surface area contributed by atoms with Crippen LogP contribution in [0.2, 0.25) is 0 Å². The zero-order chi connectivity index (χ0) is 18.4. The van der Waals surface area contributed by atoms with E-state index in [0.717, 1.165) is 30.2 Å². The van der Waals surface area contributed by atoms with Crippen LogP contribution < -0.4 is 0 Å². The maximum atomic E-state index is 12.4. The minimum atomic E-state index is -0.427. The molecule has 136 valence electrons. The number of hydrogen-bond donors (Lipinski definition) is 0. The average molecular weight is 372 g/mol. The van der Waals surface area contributed by atoms with E-state index in [1.807, 2.05) is 23.1 Å². The summed E-state index contributed by atoms with van der Waals surface area (Å²) < 4.78 is 0. The first kappa shape index (κ1) is 18.3. The first-order valence-electron chi connectivity index (χ1n) is 8.39. The van der Waals surface area contributed by atoms with Gasteiger partial charge in [-0.25, -0.2) is 0 Å². The van der Waals surface area contributed by atoms with Crippen LogP contribution in [0.4, 0.5) is 5.69 Å². The number of aromatic nitrogens is 1. The first-order chi connectivity index (χ1) is 12.6. The molecule has 0 saturated carbocycles. The number of carbonyl (C=O) groups is 1. The van der Waals surface area contributed by atoms with Crippen molar-refractivity contribution >= 4 is 23.4 Å². The third kappa shape index (κ3) is 5.03. The molecule has 1 fully saturated rings. The van der Waals surface area contributed by atoms with Crippen LogP contribution in [0.15, 0.2) is 53.6 Å². The highest BCUT2D eigenvalue weighted by Crippen LogP contribution is 2.22. The lowest BCUT2D eigenvalue weighted by molar-refractivity contribution is -0.384. The Hall–Kier alpha value is -2.45. The molecular weight excluding hydrogens is 352 g/mol. The fourth-order valence-corrected chi connectivity index (χ4v) is 3.58. The highest BCUT2D eigenvalue weighted by atomic mass is 32.2. The van der Waals surface area contributed by atoms with Crippen molar-refractivity contribution in [3.63, 3.8) is 0 Å². The van der Waals surface area contributed by atoms with Gasteiger partial charge in [0.1, 0.15) is 0 Å². The lowest BCUT2D eigenvalue weighted by Crippen LogP contribution is -2.48. The summed E-state index contributed by atoms with van der Waals surface area (Å²) in [6.07, 6.45) is 1.80. The van der Waals surface area contributed by atoms with Gasteiger partial charge in [-0.2, -0.15) is 0 Å². The van der Waals surface area contributed by atoms with Gasteiger partial charge in [0, 0.05) is 55.9 Å². The Kier molecular flexibility index (Phi) is 6.19. The molecule has 1 aliphatic heterocycles. The fourth-order valence-electron chi connectivity index (χ4n) is 2.78. The van der Waals surface area contributed by atoms with Gasteiger partial charge in [-0.05, 0) is 24.3 Å². The number of thioether (sulfide) groups is 1. The summed E-state index contributed by atoms with van der Waals surface area (Å²) >= 11 is 1.41. The Labute approximate surface area is 156 Å². The topological polar surface area (TPSA) is 79.6 Å². The van der Waals surface area contributed by atoms with Gasteiger partial charge in [-0.1, -0.05) is 6.07 Å². The van der Waals surface area contributed by atoms with Gasteiger partial charge in [0.05, 0.1) is 16.4 Å². The molecule has 0 atom stereocenters. The summed E-state index contributed by atoms with van der Waals surface area (Å²) in [6.45, 7) is 3.91. The van der Waals surface area contributed by atoms with Crippen molar-refractivity contribution in [1.82, 2.24) is 14.8 Å². The minimum absolute atomic E-state index is 0.0599. The van der Waals surface area contributed by atoms with E-state index in [1.165, 1.54) is 23.9 Å². The summed E-state index contributed by atoms with van der Waals surface area (Å²) in [5.41, 5.74) is 1.10. The van der Waals surface area contributed by atoms with Gasteiger partial charge in [-0.3, -0.25) is 24.8 Å². The highest BCUT2D eigenvalue weighted by Gasteiger charge is 2.21. The summed E-state index contributed by atoms with van der Waals surface area (Å²) in [5, 5.41) is 10.7. The molecule has 8 heteroatoms. The number of piperazine rings is 1. The summed E-state index contributed by atoms with van der Waals surface area (Å²) in [5.74, 6) is 0.448. The van der Waals surface area contributed by atoms with Crippen LogP contribution in [0.3, 0.4) is 0 Å². The van der Waals surface area contributed by atoms with E-state index in [9.17, 15) is 14.9 Å². The van der Waals surface area contributed by atoms with Crippen LogP contribution >= 0.6 is 11.8 Å². The van der Waals surface area contributed by atoms with E-state index in [-0.39, 0.29) is 11.6 Å². The van der Waals surface area contributed by atoms with E-state index in [1.54, 1.807) is 18.3 Å². The largest absolute Gasteiger partial charge is 0.339 e. The standard InChI is InChI=1S/C18H20N4O3S/c23-18(14-26-17-6-4-16(5-7-17)22(24)25)21-11-9-20(10-12-21)13-15-3-1-2-8-19-15/h1-8H,9-14H2. The second-order valence-electron chi connectivity index (χ2n) is 6.02. The Morgan fingerprint density at radius 3 is 2.46 bits per heavy atom. The van der Waals surface area contributed by atoms with Gasteiger partial charge in [0.25, 0.3) is 5.69 Å². The number of hydrogen-bond acceptors (Lipinski definition) is 6. The van der Waals surface area contributed by atoms with Crippen LogP contribution in [-0.4, -0.2) is 57.5 Å². The Bertz CT molecular complexity index is 747. The number of nitro benzene ring substituents is 1. The number of benzene rings is 1. The van der Waals surface area contributed by atoms with Gasteiger partial charge in [-0.15, -0.1) is 11.8 Å². The molecule has 0 bridgehead atoms. The monoisotopic (exact) mass is 372 g/mol. The molecule has 0 unspecified atom stereocenters. The lowest BCUT2D eigenvalue weighted by atomic mass is 10.2. The summed E-state index contributed by atoms with van der Waals surface area (Å²) in [6, 6.07) is 12.2. The Morgan fingerprint density at radius 1 is 1.12 bits per heavy atom. The summed E-state index contributed by atoms with van der Waals surface area (Å²) in [4.78, 5) is 32.0. The second-order valence-corrected chi connectivity index (χ2v) is 7.07. The average Bonchev–Trinajstić information content (AvgIpc) is 2.68. The SMILES string of the molecule is O=C(CSc1ccc([N+](=O)[O-])cc1)N1CCN(Cc2ccccn2)CC1. The first-order valence-corrected chi connectivity index (χ1v) is 9.37. The van der Waals surface area contributed by atoms with E-state index in [4.69, 9.17) is 0 Å². The zero-order valence-electron chi connectivity index (χ0n) is 14.3.